The Kier molecular flexibility index (Phi) is 4.86. The van der Waals surface area contributed by atoms with Crippen molar-refractivity contribution in [2.24, 2.45) is 0 Å². The van der Waals surface area contributed by atoms with Crippen LogP contribution in [-0.2, 0) is 0 Å². The number of hydrogen-bond acceptors (Lipinski definition) is 4. The molecular formula is C18H15BrN4O. The molecule has 0 aliphatic rings. The van der Waals surface area contributed by atoms with E-state index < -0.39 is 0 Å². The number of rotatable bonds is 4. The van der Waals surface area contributed by atoms with Crippen molar-refractivity contribution in [1.29, 1.82) is 0 Å². The van der Waals surface area contributed by atoms with Crippen LogP contribution in [0.15, 0.2) is 65.4 Å². The van der Waals surface area contributed by atoms with Crippen molar-refractivity contribution in [2.75, 3.05) is 10.6 Å². The Bertz CT molecular complexity index is 882. The molecule has 5 nitrogen and oxygen atoms in total. The fraction of sp³-hybridized carbons (Fsp3) is 0.0556. The van der Waals surface area contributed by atoms with Gasteiger partial charge >= 0.3 is 0 Å². The zero-order valence-electron chi connectivity index (χ0n) is 13.0. The number of carbonyl (C=O) groups excluding carboxylic acids is 1. The Morgan fingerprint density at radius 3 is 2.58 bits per heavy atom. The van der Waals surface area contributed by atoms with Crippen molar-refractivity contribution in [1.82, 2.24) is 9.97 Å². The highest BCUT2D eigenvalue weighted by molar-refractivity contribution is 9.10. The summed E-state index contributed by atoms with van der Waals surface area (Å²) in [6, 6.07) is 16.9. The molecule has 2 N–H and O–H groups in total. The summed E-state index contributed by atoms with van der Waals surface area (Å²) in [7, 11) is 0. The van der Waals surface area contributed by atoms with Gasteiger partial charge in [0.05, 0.1) is 0 Å². The molecule has 24 heavy (non-hydrogen) atoms. The second kappa shape index (κ2) is 7.23. The maximum absolute atomic E-state index is 12.3. The molecule has 0 aliphatic heterocycles. The number of amides is 1. The van der Waals surface area contributed by atoms with E-state index in [1.165, 1.54) is 6.33 Å². The highest BCUT2D eigenvalue weighted by Gasteiger charge is 2.09. The lowest BCUT2D eigenvalue weighted by molar-refractivity contribution is 0.102. The number of nitrogens with zero attached hydrogens (tertiary/aromatic N) is 2. The Labute approximate surface area is 148 Å². The lowest BCUT2D eigenvalue weighted by Crippen LogP contribution is -2.14. The molecule has 0 spiro atoms. The summed E-state index contributed by atoms with van der Waals surface area (Å²) >= 11 is 3.42. The number of benzene rings is 2. The second-order valence-corrected chi connectivity index (χ2v) is 6.16. The minimum absolute atomic E-state index is 0.278. The van der Waals surface area contributed by atoms with E-state index in [0.717, 1.165) is 21.4 Å². The van der Waals surface area contributed by atoms with Crippen molar-refractivity contribution < 1.29 is 4.79 Å². The first kappa shape index (κ1) is 16.1. The predicted molar refractivity (Wildman–Crippen MR) is 98.6 cm³/mol. The molecule has 1 aromatic heterocycles. The van der Waals surface area contributed by atoms with Crippen molar-refractivity contribution in [2.45, 2.75) is 6.92 Å². The van der Waals surface area contributed by atoms with Crippen molar-refractivity contribution in [3.8, 4) is 0 Å². The number of carbonyl (C=O) groups is 1. The normalized spacial score (nSPS) is 10.2. The number of anilines is 3. The molecule has 0 fully saturated rings. The molecule has 1 amide bonds. The van der Waals surface area contributed by atoms with Gasteiger partial charge in [-0.3, -0.25) is 4.79 Å². The Morgan fingerprint density at radius 2 is 1.79 bits per heavy atom. The van der Waals surface area contributed by atoms with E-state index in [1.807, 2.05) is 55.5 Å². The summed E-state index contributed by atoms with van der Waals surface area (Å²) in [6.07, 6.45) is 1.37. The molecule has 0 unspecified atom stereocenters. The highest BCUT2D eigenvalue weighted by atomic mass is 79.9. The summed E-state index contributed by atoms with van der Waals surface area (Å²) in [6.45, 7) is 1.97. The Balaban J connectivity index is 1.76. The largest absolute Gasteiger partial charge is 0.340 e. The van der Waals surface area contributed by atoms with E-state index in [4.69, 9.17) is 0 Å². The third-order valence-electron chi connectivity index (χ3n) is 3.27. The lowest BCUT2D eigenvalue weighted by Gasteiger charge is -2.08. The van der Waals surface area contributed by atoms with Gasteiger partial charge in [-0.2, -0.15) is 0 Å². The molecular weight excluding hydrogens is 368 g/mol. The number of aryl methyl sites for hydroxylation is 1. The monoisotopic (exact) mass is 382 g/mol. The molecule has 0 bridgehead atoms. The number of aromatic nitrogens is 2. The molecule has 0 radical (unpaired) electrons. The van der Waals surface area contributed by atoms with Crippen LogP contribution in [0.2, 0.25) is 0 Å². The van der Waals surface area contributed by atoms with E-state index >= 15 is 0 Å². The van der Waals surface area contributed by atoms with Crippen LogP contribution in [-0.4, -0.2) is 15.9 Å². The Morgan fingerprint density at radius 1 is 1.00 bits per heavy atom. The SMILES string of the molecule is Cc1cccc(NC(=O)c2cc(Nc3cccc(Br)c3)ncn2)c1. The third-order valence-corrected chi connectivity index (χ3v) is 3.77. The van der Waals surface area contributed by atoms with Gasteiger partial charge in [-0.15, -0.1) is 0 Å². The molecule has 0 atom stereocenters. The number of halogens is 1. The fourth-order valence-electron chi connectivity index (χ4n) is 2.18. The fourth-order valence-corrected chi connectivity index (χ4v) is 2.58. The molecule has 1 heterocycles. The lowest BCUT2D eigenvalue weighted by atomic mass is 10.2. The van der Waals surface area contributed by atoms with Crippen LogP contribution in [0.4, 0.5) is 17.2 Å². The molecule has 0 aliphatic carbocycles. The van der Waals surface area contributed by atoms with E-state index in [-0.39, 0.29) is 5.91 Å². The quantitative estimate of drug-likeness (QED) is 0.694. The van der Waals surface area contributed by atoms with E-state index in [9.17, 15) is 4.79 Å². The van der Waals surface area contributed by atoms with E-state index in [0.29, 0.717) is 11.5 Å². The topological polar surface area (TPSA) is 66.9 Å². The average Bonchev–Trinajstić information content (AvgIpc) is 2.55. The smallest absolute Gasteiger partial charge is 0.274 e. The van der Waals surface area contributed by atoms with Crippen LogP contribution < -0.4 is 10.6 Å². The minimum Gasteiger partial charge on any atom is -0.340 e. The summed E-state index contributed by atoms with van der Waals surface area (Å²) in [5, 5.41) is 5.99. The Hall–Kier alpha value is -2.73. The van der Waals surface area contributed by atoms with Gasteiger partial charge in [0.15, 0.2) is 0 Å². The predicted octanol–water partition coefficient (Wildman–Crippen LogP) is 4.54. The molecule has 120 valence electrons. The van der Waals surface area contributed by atoms with Gasteiger partial charge in [-0.05, 0) is 42.8 Å². The molecule has 6 heteroatoms. The van der Waals surface area contributed by atoms with Crippen LogP contribution in [0.25, 0.3) is 0 Å². The van der Waals surface area contributed by atoms with E-state index in [1.54, 1.807) is 6.07 Å². The van der Waals surface area contributed by atoms with Gasteiger partial charge in [-0.25, -0.2) is 9.97 Å². The minimum atomic E-state index is -0.278. The summed E-state index contributed by atoms with van der Waals surface area (Å²) in [5.74, 6) is 0.276. The molecule has 0 saturated carbocycles. The van der Waals surface area contributed by atoms with Crippen LogP contribution >= 0.6 is 15.9 Å². The molecule has 2 aromatic carbocycles. The average molecular weight is 383 g/mol. The van der Waals surface area contributed by atoms with Gasteiger partial charge < -0.3 is 10.6 Å². The van der Waals surface area contributed by atoms with E-state index in [2.05, 4.69) is 36.5 Å². The van der Waals surface area contributed by atoms with Crippen molar-refractivity contribution in [3.63, 3.8) is 0 Å². The number of hydrogen-bond donors (Lipinski definition) is 2. The first-order valence-corrected chi connectivity index (χ1v) is 8.12. The second-order valence-electron chi connectivity index (χ2n) is 5.25. The maximum atomic E-state index is 12.3. The van der Waals surface area contributed by atoms with Gasteiger partial charge in [0, 0.05) is 21.9 Å². The zero-order chi connectivity index (χ0) is 16.9. The number of nitrogens with one attached hydrogen (secondary N) is 2. The van der Waals surface area contributed by atoms with Crippen molar-refractivity contribution >= 4 is 39.0 Å². The van der Waals surface area contributed by atoms with Crippen molar-refractivity contribution in [3.05, 3.63) is 76.7 Å². The molecule has 0 saturated heterocycles. The first-order valence-electron chi connectivity index (χ1n) is 7.33. The summed E-state index contributed by atoms with van der Waals surface area (Å²) < 4.78 is 0.957. The van der Waals surface area contributed by atoms with Gasteiger partial charge in [0.1, 0.15) is 17.8 Å². The standard InChI is InChI=1S/C18H15BrN4O/c1-12-4-2-6-14(8-12)23-18(24)16-10-17(21-11-20-16)22-15-7-3-5-13(19)9-15/h2-11H,1H3,(H,23,24)(H,20,21,22). The zero-order valence-corrected chi connectivity index (χ0v) is 14.5. The highest BCUT2D eigenvalue weighted by Crippen LogP contribution is 2.19. The van der Waals surface area contributed by atoms with Crippen LogP contribution in [0.1, 0.15) is 16.1 Å². The summed E-state index contributed by atoms with van der Waals surface area (Å²) in [4.78, 5) is 20.5. The first-order chi connectivity index (χ1) is 11.6. The van der Waals surface area contributed by atoms with Gasteiger partial charge in [-0.1, -0.05) is 34.1 Å². The molecule has 3 rings (SSSR count). The molecule has 3 aromatic rings. The van der Waals surface area contributed by atoms with Crippen LogP contribution in [0.3, 0.4) is 0 Å². The van der Waals surface area contributed by atoms with Gasteiger partial charge in [0.2, 0.25) is 0 Å². The van der Waals surface area contributed by atoms with Gasteiger partial charge in [0.25, 0.3) is 5.91 Å². The summed E-state index contributed by atoms with van der Waals surface area (Å²) in [5.41, 5.74) is 2.98. The van der Waals surface area contributed by atoms with Crippen LogP contribution in [0.5, 0.6) is 0 Å². The third kappa shape index (κ3) is 4.17. The maximum Gasteiger partial charge on any atom is 0.274 e. The van der Waals surface area contributed by atoms with Crippen LogP contribution in [0, 0.1) is 6.92 Å².